The van der Waals surface area contributed by atoms with Crippen molar-refractivity contribution in [1.29, 1.82) is 0 Å². The van der Waals surface area contributed by atoms with Gasteiger partial charge in [0.2, 0.25) is 0 Å². The minimum atomic E-state index is -1.63. The van der Waals surface area contributed by atoms with Crippen LogP contribution in [0, 0.1) is 6.92 Å². The first-order chi connectivity index (χ1) is 11.3. The molecule has 3 rings (SSSR count). The molecule has 1 aliphatic rings. The van der Waals surface area contributed by atoms with Crippen molar-refractivity contribution < 1.29 is 14.3 Å². The lowest BCUT2D eigenvalue weighted by atomic mass is 10.00. The van der Waals surface area contributed by atoms with Gasteiger partial charge in [0.1, 0.15) is 5.75 Å². The first-order valence-corrected chi connectivity index (χ1v) is 7.70. The molecule has 0 bridgehead atoms. The van der Waals surface area contributed by atoms with Gasteiger partial charge in [0.05, 0.1) is 17.9 Å². The number of ether oxygens (including phenoxy) is 1. The number of anilines is 1. The molecule has 2 heterocycles. The fraction of sp³-hybridized carbons (Fsp3) is 0.353. The van der Waals surface area contributed by atoms with E-state index in [1.165, 1.54) is 6.92 Å². The molecule has 1 aliphatic heterocycles. The van der Waals surface area contributed by atoms with E-state index in [1.807, 2.05) is 32.2 Å². The first-order valence-electron chi connectivity index (χ1n) is 7.70. The highest BCUT2D eigenvalue weighted by Crippen LogP contribution is 2.34. The number of nitrogens with zero attached hydrogens (tertiary/aromatic N) is 2. The smallest absolute Gasteiger partial charge is 0.278 e. The van der Waals surface area contributed by atoms with Gasteiger partial charge in [-0.3, -0.25) is 14.3 Å². The van der Waals surface area contributed by atoms with Crippen LogP contribution in [0.5, 0.6) is 5.75 Å². The Hall–Kier alpha value is -2.83. The van der Waals surface area contributed by atoms with E-state index >= 15 is 0 Å². The molecule has 2 amide bonds. The zero-order valence-electron chi connectivity index (χ0n) is 14.1. The van der Waals surface area contributed by atoms with Crippen molar-refractivity contribution in [2.24, 2.45) is 7.05 Å². The highest BCUT2D eigenvalue weighted by atomic mass is 16.5. The highest BCUT2D eigenvalue weighted by molar-refractivity contribution is 6.15. The zero-order chi connectivity index (χ0) is 17.5. The average molecular weight is 328 g/mol. The van der Waals surface area contributed by atoms with E-state index in [0.29, 0.717) is 11.4 Å². The van der Waals surface area contributed by atoms with Gasteiger partial charge in [-0.2, -0.15) is 5.10 Å². The molecule has 0 spiro atoms. The van der Waals surface area contributed by atoms with Crippen molar-refractivity contribution in [1.82, 2.24) is 15.1 Å². The topological polar surface area (TPSA) is 85.3 Å². The summed E-state index contributed by atoms with van der Waals surface area (Å²) in [5.41, 5.74) is 0.793. The normalized spacial score (nSPS) is 20.6. The fourth-order valence-electron chi connectivity index (χ4n) is 2.57. The van der Waals surface area contributed by atoms with E-state index in [4.69, 9.17) is 4.74 Å². The lowest BCUT2D eigenvalue weighted by Gasteiger charge is -2.34. The van der Waals surface area contributed by atoms with Crippen molar-refractivity contribution in [2.75, 3.05) is 5.32 Å². The third-order valence-corrected chi connectivity index (χ3v) is 4.14. The van der Waals surface area contributed by atoms with Crippen molar-refractivity contribution in [3.05, 3.63) is 41.7 Å². The van der Waals surface area contributed by atoms with Crippen LogP contribution in [0.1, 0.15) is 31.0 Å². The summed E-state index contributed by atoms with van der Waals surface area (Å²) in [5, 5.41) is 9.64. The SMILES string of the molecule is Cc1ccc2c(c1)NC(=O)C(C)(C(=O)NC(C)c1cnn(C)c1)O2. The highest BCUT2D eigenvalue weighted by Gasteiger charge is 2.47. The maximum atomic E-state index is 12.7. The third kappa shape index (κ3) is 2.73. The molecule has 2 atom stereocenters. The molecule has 1 aromatic carbocycles. The van der Waals surface area contributed by atoms with E-state index < -0.39 is 17.4 Å². The Bertz CT molecular complexity index is 814. The van der Waals surface area contributed by atoms with E-state index in [1.54, 1.807) is 24.0 Å². The number of aromatic nitrogens is 2. The van der Waals surface area contributed by atoms with Crippen LogP contribution in [-0.2, 0) is 16.6 Å². The second kappa shape index (κ2) is 5.67. The van der Waals surface area contributed by atoms with Gasteiger partial charge in [0.25, 0.3) is 17.4 Å². The van der Waals surface area contributed by atoms with Crippen molar-refractivity contribution in [2.45, 2.75) is 32.4 Å². The van der Waals surface area contributed by atoms with E-state index in [0.717, 1.165) is 11.1 Å². The van der Waals surface area contributed by atoms with Crippen LogP contribution in [0.25, 0.3) is 0 Å². The van der Waals surface area contributed by atoms with Gasteiger partial charge in [-0.25, -0.2) is 0 Å². The Morgan fingerprint density at radius 1 is 1.46 bits per heavy atom. The molecule has 0 saturated carbocycles. The van der Waals surface area contributed by atoms with Crippen molar-refractivity contribution in [3.8, 4) is 5.75 Å². The number of hydrogen-bond acceptors (Lipinski definition) is 4. The number of rotatable bonds is 3. The first kappa shape index (κ1) is 16.0. The van der Waals surface area contributed by atoms with Crippen LogP contribution in [0.15, 0.2) is 30.6 Å². The van der Waals surface area contributed by atoms with Gasteiger partial charge in [-0.05, 0) is 38.5 Å². The molecule has 7 nitrogen and oxygen atoms in total. The predicted octanol–water partition coefficient (Wildman–Crippen LogP) is 1.70. The van der Waals surface area contributed by atoms with Gasteiger partial charge in [0.15, 0.2) is 0 Å². The number of amides is 2. The number of carbonyl (C=O) groups is 2. The second-order valence-corrected chi connectivity index (χ2v) is 6.23. The van der Waals surface area contributed by atoms with Crippen molar-refractivity contribution >= 4 is 17.5 Å². The Morgan fingerprint density at radius 3 is 2.88 bits per heavy atom. The minimum Gasteiger partial charge on any atom is -0.466 e. The molecule has 0 aliphatic carbocycles. The van der Waals surface area contributed by atoms with E-state index in [2.05, 4.69) is 15.7 Å². The quantitative estimate of drug-likeness (QED) is 0.840. The number of aryl methyl sites for hydroxylation is 2. The Kier molecular flexibility index (Phi) is 3.79. The molecule has 1 aromatic heterocycles. The Morgan fingerprint density at radius 2 is 2.21 bits per heavy atom. The van der Waals surface area contributed by atoms with Crippen LogP contribution >= 0.6 is 0 Å². The monoisotopic (exact) mass is 328 g/mol. The fourth-order valence-corrected chi connectivity index (χ4v) is 2.57. The Balaban J connectivity index is 1.81. The second-order valence-electron chi connectivity index (χ2n) is 6.23. The lowest BCUT2D eigenvalue weighted by Crippen LogP contribution is -2.59. The number of fused-ring (bicyclic) bond motifs is 1. The largest absolute Gasteiger partial charge is 0.466 e. The maximum Gasteiger partial charge on any atom is 0.278 e. The summed E-state index contributed by atoms with van der Waals surface area (Å²) in [5.74, 6) is -0.508. The summed E-state index contributed by atoms with van der Waals surface area (Å²) in [6, 6.07) is 5.13. The van der Waals surface area contributed by atoms with Gasteiger partial charge >= 0.3 is 0 Å². The zero-order valence-corrected chi connectivity index (χ0v) is 14.1. The van der Waals surface area contributed by atoms with Crippen LogP contribution < -0.4 is 15.4 Å². The van der Waals surface area contributed by atoms with Crippen molar-refractivity contribution in [3.63, 3.8) is 0 Å². The van der Waals surface area contributed by atoms with Gasteiger partial charge in [-0.15, -0.1) is 0 Å². The molecule has 0 radical (unpaired) electrons. The summed E-state index contributed by atoms with van der Waals surface area (Å²) in [6.45, 7) is 5.22. The van der Waals surface area contributed by atoms with Crippen LogP contribution in [-0.4, -0.2) is 27.2 Å². The standard InChI is InChI=1S/C17H20N4O3/c1-10-5-6-14-13(7-10)20-16(23)17(3,24-14)15(22)19-11(2)12-8-18-21(4)9-12/h5-9,11H,1-4H3,(H,19,22)(H,20,23). The minimum absolute atomic E-state index is 0.293. The van der Waals surface area contributed by atoms with E-state index in [9.17, 15) is 9.59 Å². The van der Waals surface area contributed by atoms with Crippen LogP contribution in [0.3, 0.4) is 0 Å². The van der Waals surface area contributed by atoms with Crippen LogP contribution in [0.2, 0.25) is 0 Å². The molecule has 7 heteroatoms. The summed E-state index contributed by atoms with van der Waals surface area (Å²) in [6.07, 6.45) is 3.49. The summed E-state index contributed by atoms with van der Waals surface area (Å²) in [7, 11) is 1.80. The lowest BCUT2D eigenvalue weighted by molar-refractivity contribution is -0.147. The average Bonchev–Trinajstić information content (AvgIpc) is 2.95. The van der Waals surface area contributed by atoms with Gasteiger partial charge < -0.3 is 15.4 Å². The molecular weight excluding hydrogens is 308 g/mol. The predicted molar refractivity (Wildman–Crippen MR) is 88.6 cm³/mol. The summed E-state index contributed by atoms with van der Waals surface area (Å²) < 4.78 is 7.40. The molecule has 2 aromatic rings. The molecule has 126 valence electrons. The van der Waals surface area contributed by atoms with Crippen LogP contribution in [0.4, 0.5) is 5.69 Å². The van der Waals surface area contributed by atoms with Gasteiger partial charge in [0, 0.05) is 18.8 Å². The summed E-state index contributed by atoms with van der Waals surface area (Å²) in [4.78, 5) is 25.1. The van der Waals surface area contributed by atoms with E-state index in [-0.39, 0.29) is 6.04 Å². The summed E-state index contributed by atoms with van der Waals surface area (Å²) >= 11 is 0. The number of carbonyl (C=O) groups excluding carboxylic acids is 2. The number of benzene rings is 1. The number of nitrogens with one attached hydrogen (secondary N) is 2. The molecule has 0 saturated heterocycles. The molecule has 2 N–H and O–H groups in total. The molecular formula is C17H20N4O3. The molecule has 2 unspecified atom stereocenters. The molecule has 24 heavy (non-hydrogen) atoms. The number of hydrogen-bond donors (Lipinski definition) is 2. The third-order valence-electron chi connectivity index (χ3n) is 4.14. The van der Waals surface area contributed by atoms with Gasteiger partial charge in [-0.1, -0.05) is 6.07 Å². The maximum absolute atomic E-state index is 12.7. The Labute approximate surface area is 140 Å². The molecule has 0 fully saturated rings.